The van der Waals surface area contributed by atoms with Crippen molar-refractivity contribution in [3.63, 3.8) is 0 Å². The summed E-state index contributed by atoms with van der Waals surface area (Å²) in [5.41, 5.74) is 0. The van der Waals surface area contributed by atoms with Crippen molar-refractivity contribution in [2.75, 3.05) is 13.1 Å². The lowest BCUT2D eigenvalue weighted by atomic mass is 10.2. The molecule has 0 spiro atoms. The highest BCUT2D eigenvalue weighted by atomic mass is 16.2. The van der Waals surface area contributed by atoms with E-state index in [1.165, 1.54) is 12.8 Å². The molecular weight excluding hydrogens is 242 g/mol. The average Bonchev–Trinajstić information content (AvgIpc) is 2.95. The van der Waals surface area contributed by atoms with E-state index in [1.807, 2.05) is 11.9 Å². The van der Waals surface area contributed by atoms with E-state index in [9.17, 15) is 4.79 Å². The first-order valence-corrected chi connectivity index (χ1v) is 7.03. The minimum atomic E-state index is 0.115. The van der Waals surface area contributed by atoms with Crippen LogP contribution in [-0.4, -0.2) is 44.7 Å². The number of aromatic nitrogens is 3. The first kappa shape index (κ1) is 12.6. The molecule has 1 saturated heterocycles. The van der Waals surface area contributed by atoms with Crippen molar-refractivity contribution in [1.82, 2.24) is 25.0 Å². The van der Waals surface area contributed by atoms with Crippen molar-refractivity contribution in [3.05, 3.63) is 11.6 Å². The SMILES string of the molecule is CC(=O)N(Cc1nnc(C2CC2)n1C)C1CCNC1. The fraction of sp³-hybridized carbons (Fsp3) is 0.769. The fourth-order valence-corrected chi connectivity index (χ4v) is 2.77. The quantitative estimate of drug-likeness (QED) is 0.854. The Labute approximate surface area is 113 Å². The number of hydrogen-bond acceptors (Lipinski definition) is 4. The first-order valence-electron chi connectivity index (χ1n) is 7.03. The molecule has 0 radical (unpaired) electrons. The number of rotatable bonds is 4. The molecule has 0 aromatic carbocycles. The van der Waals surface area contributed by atoms with Crippen LogP contribution in [0.4, 0.5) is 0 Å². The summed E-state index contributed by atoms with van der Waals surface area (Å²) in [5.74, 6) is 2.67. The summed E-state index contributed by atoms with van der Waals surface area (Å²) in [5, 5.41) is 11.9. The van der Waals surface area contributed by atoms with E-state index < -0.39 is 0 Å². The number of carbonyl (C=O) groups is 1. The summed E-state index contributed by atoms with van der Waals surface area (Å²) in [6, 6.07) is 0.290. The predicted octanol–water partition coefficient (Wildman–Crippen LogP) is 0.403. The normalized spacial score (nSPS) is 22.7. The van der Waals surface area contributed by atoms with Crippen molar-refractivity contribution >= 4 is 5.91 Å². The first-order chi connectivity index (χ1) is 9.16. The molecule has 1 saturated carbocycles. The number of nitrogens with one attached hydrogen (secondary N) is 1. The van der Waals surface area contributed by atoms with Gasteiger partial charge in [0.25, 0.3) is 0 Å². The van der Waals surface area contributed by atoms with Crippen LogP contribution in [0.25, 0.3) is 0 Å². The van der Waals surface area contributed by atoms with Gasteiger partial charge in [-0.05, 0) is 25.8 Å². The summed E-state index contributed by atoms with van der Waals surface area (Å²) in [6.07, 6.45) is 3.46. The third-order valence-electron chi connectivity index (χ3n) is 4.13. The predicted molar refractivity (Wildman–Crippen MR) is 70.5 cm³/mol. The molecule has 1 aliphatic heterocycles. The topological polar surface area (TPSA) is 63.1 Å². The molecular formula is C13H21N5O. The lowest BCUT2D eigenvalue weighted by molar-refractivity contribution is -0.131. The van der Waals surface area contributed by atoms with Gasteiger partial charge in [0.05, 0.1) is 6.54 Å². The van der Waals surface area contributed by atoms with Gasteiger partial charge in [0.2, 0.25) is 5.91 Å². The fourth-order valence-electron chi connectivity index (χ4n) is 2.77. The van der Waals surface area contributed by atoms with Crippen LogP contribution in [0.2, 0.25) is 0 Å². The van der Waals surface area contributed by atoms with Crippen molar-refractivity contribution in [1.29, 1.82) is 0 Å². The monoisotopic (exact) mass is 263 g/mol. The molecule has 2 heterocycles. The van der Waals surface area contributed by atoms with Gasteiger partial charge in [-0.1, -0.05) is 0 Å². The van der Waals surface area contributed by atoms with E-state index in [2.05, 4.69) is 20.1 Å². The second-order valence-corrected chi connectivity index (χ2v) is 5.60. The van der Waals surface area contributed by atoms with Gasteiger partial charge < -0.3 is 14.8 Å². The van der Waals surface area contributed by atoms with E-state index >= 15 is 0 Å². The van der Waals surface area contributed by atoms with E-state index in [1.54, 1.807) is 6.92 Å². The van der Waals surface area contributed by atoms with Gasteiger partial charge in [0.15, 0.2) is 5.82 Å². The summed E-state index contributed by atoms with van der Waals surface area (Å²) < 4.78 is 2.07. The van der Waals surface area contributed by atoms with Gasteiger partial charge in [-0.15, -0.1) is 10.2 Å². The van der Waals surface area contributed by atoms with Crippen molar-refractivity contribution in [2.45, 2.75) is 44.7 Å². The van der Waals surface area contributed by atoms with Crippen LogP contribution in [0.3, 0.4) is 0 Å². The van der Waals surface area contributed by atoms with Crippen molar-refractivity contribution in [2.24, 2.45) is 7.05 Å². The number of amides is 1. The number of nitrogens with zero attached hydrogens (tertiary/aromatic N) is 4. The summed E-state index contributed by atoms with van der Waals surface area (Å²) in [6.45, 7) is 4.07. The van der Waals surface area contributed by atoms with Gasteiger partial charge >= 0.3 is 0 Å². The highest BCUT2D eigenvalue weighted by Gasteiger charge is 2.31. The third kappa shape index (κ3) is 2.49. The molecule has 1 aromatic rings. The van der Waals surface area contributed by atoms with Gasteiger partial charge in [-0.3, -0.25) is 4.79 Å². The van der Waals surface area contributed by atoms with Crippen LogP contribution in [0.15, 0.2) is 0 Å². The van der Waals surface area contributed by atoms with E-state index in [0.29, 0.717) is 18.5 Å². The molecule has 2 aliphatic rings. The zero-order chi connectivity index (χ0) is 13.4. The Balaban J connectivity index is 1.75. The third-order valence-corrected chi connectivity index (χ3v) is 4.13. The molecule has 1 unspecified atom stereocenters. The standard InChI is InChI=1S/C13H21N5O/c1-9(19)18(11-5-6-14-7-11)8-12-15-16-13(17(12)2)10-3-4-10/h10-11,14H,3-8H2,1-2H3. The van der Waals surface area contributed by atoms with E-state index in [0.717, 1.165) is 31.2 Å². The summed E-state index contributed by atoms with van der Waals surface area (Å²) in [7, 11) is 2.01. The number of hydrogen-bond donors (Lipinski definition) is 1. The molecule has 1 aromatic heterocycles. The van der Waals surface area contributed by atoms with E-state index in [4.69, 9.17) is 0 Å². The molecule has 104 valence electrons. The van der Waals surface area contributed by atoms with Gasteiger partial charge in [-0.2, -0.15) is 0 Å². The Morgan fingerprint density at radius 1 is 1.42 bits per heavy atom. The van der Waals surface area contributed by atoms with Crippen LogP contribution in [0.1, 0.15) is 43.8 Å². The molecule has 19 heavy (non-hydrogen) atoms. The molecule has 1 aliphatic carbocycles. The minimum absolute atomic E-state index is 0.115. The van der Waals surface area contributed by atoms with Crippen LogP contribution in [0, 0.1) is 0 Å². The molecule has 1 atom stereocenters. The number of carbonyl (C=O) groups excluding carboxylic acids is 1. The maximum atomic E-state index is 11.8. The van der Waals surface area contributed by atoms with Crippen molar-refractivity contribution < 1.29 is 4.79 Å². The second kappa shape index (κ2) is 4.92. The molecule has 0 bridgehead atoms. The van der Waals surface area contributed by atoms with Gasteiger partial charge in [0.1, 0.15) is 5.82 Å². The van der Waals surface area contributed by atoms with Crippen LogP contribution in [-0.2, 0) is 18.4 Å². The smallest absolute Gasteiger partial charge is 0.220 e. The zero-order valence-corrected chi connectivity index (χ0v) is 11.6. The van der Waals surface area contributed by atoms with Crippen LogP contribution in [0.5, 0.6) is 0 Å². The summed E-state index contributed by atoms with van der Waals surface area (Å²) in [4.78, 5) is 13.8. The highest BCUT2D eigenvalue weighted by molar-refractivity contribution is 5.73. The summed E-state index contributed by atoms with van der Waals surface area (Å²) >= 11 is 0. The van der Waals surface area contributed by atoms with Gasteiger partial charge in [0, 0.05) is 32.5 Å². The molecule has 6 nitrogen and oxygen atoms in total. The second-order valence-electron chi connectivity index (χ2n) is 5.60. The lowest BCUT2D eigenvalue weighted by Crippen LogP contribution is -2.40. The Morgan fingerprint density at radius 2 is 2.21 bits per heavy atom. The lowest BCUT2D eigenvalue weighted by Gasteiger charge is -2.26. The zero-order valence-electron chi connectivity index (χ0n) is 11.6. The molecule has 1 amide bonds. The van der Waals surface area contributed by atoms with Crippen LogP contribution >= 0.6 is 0 Å². The highest BCUT2D eigenvalue weighted by Crippen LogP contribution is 2.38. The minimum Gasteiger partial charge on any atom is -0.331 e. The molecule has 2 fully saturated rings. The largest absolute Gasteiger partial charge is 0.331 e. The van der Waals surface area contributed by atoms with Crippen LogP contribution < -0.4 is 5.32 Å². The molecule has 6 heteroatoms. The Hall–Kier alpha value is -1.43. The Kier molecular flexibility index (Phi) is 3.26. The maximum absolute atomic E-state index is 11.8. The maximum Gasteiger partial charge on any atom is 0.220 e. The Bertz CT molecular complexity index is 473. The molecule has 1 N–H and O–H groups in total. The Morgan fingerprint density at radius 3 is 2.79 bits per heavy atom. The van der Waals surface area contributed by atoms with E-state index in [-0.39, 0.29) is 5.91 Å². The van der Waals surface area contributed by atoms with Gasteiger partial charge in [-0.25, -0.2) is 0 Å². The average molecular weight is 263 g/mol. The molecule has 3 rings (SSSR count). The van der Waals surface area contributed by atoms with Crippen molar-refractivity contribution in [3.8, 4) is 0 Å².